The van der Waals surface area contributed by atoms with Crippen LogP contribution in [-0.2, 0) is 9.53 Å². The van der Waals surface area contributed by atoms with Gasteiger partial charge in [0.05, 0.1) is 7.11 Å². The molecule has 24 heavy (non-hydrogen) atoms. The second kappa shape index (κ2) is 6.10. The van der Waals surface area contributed by atoms with Crippen LogP contribution in [0, 0.1) is 5.92 Å². The maximum absolute atomic E-state index is 12.8. The molecule has 1 saturated carbocycles. The van der Waals surface area contributed by atoms with Gasteiger partial charge in [0.2, 0.25) is 0 Å². The standard InChI is InChI=1S/C21H21IO2/c1-14-12-18-19(17-11-7-6-10-16(14)17)21(18,20(23)24-2)22-13-15-8-4-3-5-9-15/h3-11,13-14,18-19H,12H2,1-2H3/t14-,18-,19+,21-/m0/s1. The second-order valence-electron chi connectivity index (χ2n) is 6.74. The summed E-state index contributed by atoms with van der Waals surface area (Å²) in [6, 6.07) is 19.0. The SMILES string of the molecule is COC(=O)[C@@]1(I=Cc2ccccc2)[C@@H]2c3ccccc3[C@@H](C)C[C@@H]21. The third-order valence-electron chi connectivity index (χ3n) is 5.41. The lowest BCUT2D eigenvalue weighted by Gasteiger charge is -2.20. The molecule has 3 heteroatoms. The van der Waals surface area contributed by atoms with E-state index >= 15 is 0 Å². The molecule has 0 saturated heterocycles. The Kier molecular flexibility index (Phi) is 4.07. The highest BCUT2D eigenvalue weighted by Crippen LogP contribution is 2.71. The van der Waals surface area contributed by atoms with Gasteiger partial charge in [0.1, 0.15) is 3.42 Å². The number of esters is 1. The predicted octanol–water partition coefficient (Wildman–Crippen LogP) is 4.64. The Morgan fingerprint density at radius 3 is 2.50 bits per heavy atom. The first-order valence-corrected chi connectivity index (χ1v) is 10.7. The maximum atomic E-state index is 12.8. The lowest BCUT2D eigenvalue weighted by molar-refractivity contribution is -0.140. The van der Waals surface area contributed by atoms with Crippen LogP contribution in [0.25, 0.3) is 0 Å². The van der Waals surface area contributed by atoms with Crippen LogP contribution in [0.2, 0.25) is 0 Å². The number of hydrogen-bond acceptors (Lipinski definition) is 2. The van der Waals surface area contributed by atoms with Crippen molar-refractivity contribution in [2.24, 2.45) is 5.92 Å². The van der Waals surface area contributed by atoms with E-state index in [1.54, 1.807) is 0 Å². The first-order valence-electron chi connectivity index (χ1n) is 8.38. The molecule has 4 atom stereocenters. The largest absolute Gasteiger partial charge is 0.468 e. The summed E-state index contributed by atoms with van der Waals surface area (Å²) in [5.74, 6) is 1.32. The summed E-state index contributed by atoms with van der Waals surface area (Å²) in [6.45, 7) is 2.29. The quantitative estimate of drug-likeness (QED) is 0.401. The number of ether oxygens (including phenoxy) is 1. The third-order valence-corrected chi connectivity index (χ3v) is 9.39. The van der Waals surface area contributed by atoms with Gasteiger partial charge in [-0.15, -0.1) is 20.7 Å². The first-order chi connectivity index (χ1) is 11.7. The second-order valence-corrected chi connectivity index (χ2v) is 9.77. The topological polar surface area (TPSA) is 26.3 Å². The highest BCUT2D eigenvalue weighted by Gasteiger charge is 2.71. The van der Waals surface area contributed by atoms with Crippen LogP contribution in [-0.4, -0.2) is 20.5 Å². The molecule has 0 amide bonds. The zero-order chi connectivity index (χ0) is 16.7. The average molecular weight is 432 g/mol. The van der Waals surface area contributed by atoms with E-state index in [4.69, 9.17) is 4.74 Å². The number of carbonyl (C=O) groups is 1. The van der Waals surface area contributed by atoms with Crippen molar-refractivity contribution < 1.29 is 9.53 Å². The van der Waals surface area contributed by atoms with E-state index < -0.39 is 20.7 Å². The number of fused-ring (bicyclic) bond motifs is 3. The molecule has 2 nitrogen and oxygen atoms in total. The highest BCUT2D eigenvalue weighted by atomic mass is 127. The van der Waals surface area contributed by atoms with Crippen LogP contribution in [0.1, 0.15) is 41.9 Å². The number of methoxy groups -OCH3 is 1. The van der Waals surface area contributed by atoms with Crippen molar-refractivity contribution in [1.82, 2.24) is 0 Å². The Morgan fingerprint density at radius 2 is 1.79 bits per heavy atom. The highest BCUT2D eigenvalue weighted by molar-refractivity contribution is 14.2. The summed E-state index contributed by atoms with van der Waals surface area (Å²) in [4.78, 5) is 12.8. The molecule has 0 bridgehead atoms. The van der Waals surface area contributed by atoms with Crippen LogP contribution in [0.4, 0.5) is 0 Å². The van der Waals surface area contributed by atoms with E-state index in [0.717, 1.165) is 6.42 Å². The van der Waals surface area contributed by atoms with Gasteiger partial charge in [-0.3, -0.25) is 4.79 Å². The summed E-state index contributed by atoms with van der Waals surface area (Å²) in [5, 5.41) is 0. The monoisotopic (exact) mass is 432 g/mol. The van der Waals surface area contributed by atoms with Gasteiger partial charge in [0.15, 0.2) is 0 Å². The molecule has 0 heterocycles. The van der Waals surface area contributed by atoms with Crippen LogP contribution in [0.3, 0.4) is 0 Å². The van der Waals surface area contributed by atoms with Crippen molar-refractivity contribution in [3.8, 4) is 0 Å². The number of rotatable bonds is 3. The lowest BCUT2D eigenvalue weighted by atomic mass is 9.84. The molecule has 2 aliphatic carbocycles. The molecule has 1 fully saturated rings. The van der Waals surface area contributed by atoms with Crippen molar-refractivity contribution in [3.05, 3.63) is 71.3 Å². The fraction of sp³-hybridized carbons (Fsp3) is 0.333. The molecule has 4 rings (SSSR count). The van der Waals surface area contributed by atoms with Crippen molar-refractivity contribution in [1.29, 1.82) is 0 Å². The summed E-state index contributed by atoms with van der Waals surface area (Å²) < 4.78 is 7.31. The molecule has 124 valence electrons. The summed E-state index contributed by atoms with van der Waals surface area (Å²) in [7, 11) is 1.54. The summed E-state index contributed by atoms with van der Waals surface area (Å²) in [6.07, 6.45) is 1.10. The summed E-state index contributed by atoms with van der Waals surface area (Å²) >= 11 is -0.434. The molecule has 0 unspecified atom stereocenters. The maximum Gasteiger partial charge on any atom is 0.322 e. The molecule has 2 aliphatic rings. The minimum atomic E-state index is -0.434. The number of benzene rings is 2. The van der Waals surface area contributed by atoms with Gasteiger partial charge < -0.3 is 4.74 Å². The normalized spacial score (nSPS) is 30.8. The zero-order valence-electron chi connectivity index (χ0n) is 13.9. The average Bonchev–Trinajstić information content (AvgIpc) is 3.29. The van der Waals surface area contributed by atoms with Gasteiger partial charge in [-0.1, -0.05) is 61.5 Å². The van der Waals surface area contributed by atoms with Gasteiger partial charge in [0.25, 0.3) is 0 Å². The molecular weight excluding hydrogens is 411 g/mol. The van der Waals surface area contributed by atoms with Gasteiger partial charge in [-0.05, 0) is 39.0 Å². The van der Waals surface area contributed by atoms with Gasteiger partial charge in [0, 0.05) is 5.92 Å². The molecule has 0 aromatic heterocycles. The molecule has 0 spiro atoms. The van der Waals surface area contributed by atoms with Crippen LogP contribution >= 0.6 is 20.7 Å². The molecule has 2 aromatic carbocycles. The molecular formula is C21H21IO2. The minimum absolute atomic E-state index is 0.00128. The Morgan fingerprint density at radius 1 is 1.12 bits per heavy atom. The van der Waals surface area contributed by atoms with Crippen LogP contribution in [0.15, 0.2) is 54.6 Å². The zero-order valence-corrected chi connectivity index (χ0v) is 16.1. The van der Waals surface area contributed by atoms with E-state index in [1.165, 1.54) is 23.8 Å². The molecule has 2 aromatic rings. The van der Waals surface area contributed by atoms with E-state index in [0.29, 0.717) is 17.8 Å². The minimum Gasteiger partial charge on any atom is -0.468 e. The first kappa shape index (κ1) is 16.0. The summed E-state index contributed by atoms with van der Waals surface area (Å²) in [5.41, 5.74) is 4.03. The van der Waals surface area contributed by atoms with Crippen molar-refractivity contribution in [2.75, 3.05) is 7.11 Å². The Bertz CT molecular complexity index is 798. The van der Waals surface area contributed by atoms with E-state index in [-0.39, 0.29) is 9.39 Å². The number of carbonyl (C=O) groups excluding carboxylic acids is 1. The Balaban J connectivity index is 1.76. The van der Waals surface area contributed by atoms with E-state index in [2.05, 4.69) is 59.5 Å². The van der Waals surface area contributed by atoms with E-state index in [9.17, 15) is 4.79 Å². The smallest absolute Gasteiger partial charge is 0.322 e. The van der Waals surface area contributed by atoms with Gasteiger partial charge in [-0.25, -0.2) is 0 Å². The van der Waals surface area contributed by atoms with Crippen molar-refractivity contribution >= 4 is 30.7 Å². The van der Waals surface area contributed by atoms with Crippen LogP contribution < -0.4 is 0 Å². The molecule has 0 radical (unpaired) electrons. The number of halogens is 1. The van der Waals surface area contributed by atoms with Gasteiger partial charge in [-0.2, -0.15) is 0 Å². The van der Waals surface area contributed by atoms with Crippen molar-refractivity contribution in [3.63, 3.8) is 0 Å². The van der Waals surface area contributed by atoms with E-state index in [1.807, 2.05) is 6.07 Å². The Hall–Kier alpha value is -1.49. The fourth-order valence-electron chi connectivity index (χ4n) is 4.23. The Labute approximate surface area is 153 Å². The number of hydrogen-bond donors (Lipinski definition) is 0. The predicted molar refractivity (Wildman–Crippen MR) is 106 cm³/mol. The van der Waals surface area contributed by atoms with Crippen LogP contribution in [0.5, 0.6) is 0 Å². The third kappa shape index (κ3) is 2.36. The fourth-order valence-corrected chi connectivity index (χ4v) is 8.05. The number of alkyl halides is 1. The van der Waals surface area contributed by atoms with Gasteiger partial charge >= 0.3 is 5.97 Å². The van der Waals surface area contributed by atoms with Crippen molar-refractivity contribution in [2.45, 2.75) is 28.6 Å². The lowest BCUT2D eigenvalue weighted by Crippen LogP contribution is -2.22. The molecule has 0 aliphatic heterocycles. The molecule has 0 N–H and O–H groups in total.